The standard InChI is InChI=1S/C7H15NO.C3H8/c1-2-8-7-3-5-9-6-4-7;1-3-2/h7-8H,2-6H2,1H3;3H2,1-2H3. The van der Waals surface area contributed by atoms with Crippen molar-refractivity contribution in [1.82, 2.24) is 5.32 Å². The minimum absolute atomic E-state index is 0.726. The highest BCUT2D eigenvalue weighted by atomic mass is 16.5. The fourth-order valence-corrected chi connectivity index (χ4v) is 1.19. The minimum atomic E-state index is 0.726. The Balaban J connectivity index is 0.000000354. The summed E-state index contributed by atoms with van der Waals surface area (Å²) in [5.74, 6) is 0. The number of ether oxygens (including phenoxy) is 1. The molecule has 0 aliphatic carbocycles. The van der Waals surface area contributed by atoms with Crippen LogP contribution >= 0.6 is 0 Å². The van der Waals surface area contributed by atoms with Crippen LogP contribution in [0.4, 0.5) is 0 Å². The summed E-state index contributed by atoms with van der Waals surface area (Å²) >= 11 is 0. The van der Waals surface area contributed by atoms with Crippen LogP contribution in [0, 0.1) is 0 Å². The Bertz CT molecular complexity index is 77.2. The van der Waals surface area contributed by atoms with Crippen molar-refractivity contribution in [3.63, 3.8) is 0 Å². The maximum atomic E-state index is 5.21. The van der Waals surface area contributed by atoms with Crippen LogP contribution in [0.1, 0.15) is 40.0 Å². The van der Waals surface area contributed by atoms with Crippen LogP contribution in [0.5, 0.6) is 0 Å². The van der Waals surface area contributed by atoms with Gasteiger partial charge in [0, 0.05) is 19.3 Å². The molecule has 2 nitrogen and oxygen atoms in total. The summed E-state index contributed by atoms with van der Waals surface area (Å²) < 4.78 is 5.21. The van der Waals surface area contributed by atoms with Gasteiger partial charge in [0.05, 0.1) is 0 Å². The van der Waals surface area contributed by atoms with Crippen molar-refractivity contribution in [2.75, 3.05) is 19.8 Å². The highest BCUT2D eigenvalue weighted by molar-refractivity contribution is 4.68. The smallest absolute Gasteiger partial charge is 0.0480 e. The van der Waals surface area contributed by atoms with Crippen molar-refractivity contribution in [3.05, 3.63) is 0 Å². The Labute approximate surface area is 76.7 Å². The van der Waals surface area contributed by atoms with Crippen molar-refractivity contribution in [2.45, 2.75) is 46.1 Å². The SMILES string of the molecule is CCC.CCNC1CCOCC1. The van der Waals surface area contributed by atoms with Crippen molar-refractivity contribution >= 4 is 0 Å². The van der Waals surface area contributed by atoms with Crippen LogP contribution in [0.2, 0.25) is 0 Å². The highest BCUT2D eigenvalue weighted by Crippen LogP contribution is 2.04. The molecule has 0 radical (unpaired) electrons. The molecule has 2 heteroatoms. The zero-order valence-corrected chi connectivity index (χ0v) is 8.73. The lowest BCUT2D eigenvalue weighted by Crippen LogP contribution is -2.34. The minimum Gasteiger partial charge on any atom is -0.381 e. The van der Waals surface area contributed by atoms with Gasteiger partial charge in [-0.3, -0.25) is 0 Å². The van der Waals surface area contributed by atoms with E-state index in [1.54, 1.807) is 0 Å². The van der Waals surface area contributed by atoms with Gasteiger partial charge < -0.3 is 10.1 Å². The Kier molecular flexibility index (Phi) is 8.95. The quantitative estimate of drug-likeness (QED) is 0.691. The Morgan fingerprint density at radius 3 is 2.08 bits per heavy atom. The zero-order valence-electron chi connectivity index (χ0n) is 8.73. The van der Waals surface area contributed by atoms with Gasteiger partial charge in [-0.2, -0.15) is 0 Å². The predicted molar refractivity (Wildman–Crippen MR) is 53.5 cm³/mol. The van der Waals surface area contributed by atoms with Crippen LogP contribution < -0.4 is 5.32 Å². The van der Waals surface area contributed by atoms with Crippen LogP contribution in [0.3, 0.4) is 0 Å². The van der Waals surface area contributed by atoms with E-state index in [4.69, 9.17) is 4.74 Å². The molecule has 0 atom stereocenters. The number of hydrogen-bond acceptors (Lipinski definition) is 2. The van der Waals surface area contributed by atoms with Gasteiger partial charge in [-0.15, -0.1) is 0 Å². The number of hydrogen-bond donors (Lipinski definition) is 1. The van der Waals surface area contributed by atoms with Crippen LogP contribution in [0.25, 0.3) is 0 Å². The van der Waals surface area contributed by atoms with Crippen molar-refractivity contribution in [3.8, 4) is 0 Å². The molecule has 0 bridgehead atoms. The molecule has 1 fully saturated rings. The topological polar surface area (TPSA) is 21.3 Å². The molecule has 0 amide bonds. The Morgan fingerprint density at radius 1 is 1.17 bits per heavy atom. The second-order valence-electron chi connectivity index (χ2n) is 3.15. The molecule has 1 saturated heterocycles. The summed E-state index contributed by atoms with van der Waals surface area (Å²) in [6.45, 7) is 9.37. The summed E-state index contributed by atoms with van der Waals surface area (Å²) in [6, 6.07) is 0.726. The molecule has 0 unspecified atom stereocenters. The Hall–Kier alpha value is -0.0800. The molecule has 1 aliphatic heterocycles. The van der Waals surface area contributed by atoms with E-state index >= 15 is 0 Å². The summed E-state index contributed by atoms with van der Waals surface area (Å²) in [7, 11) is 0. The van der Waals surface area contributed by atoms with E-state index in [0.29, 0.717) is 0 Å². The maximum Gasteiger partial charge on any atom is 0.0480 e. The van der Waals surface area contributed by atoms with Gasteiger partial charge >= 0.3 is 0 Å². The van der Waals surface area contributed by atoms with E-state index in [0.717, 1.165) is 25.8 Å². The first kappa shape index (κ1) is 11.9. The molecule has 1 heterocycles. The van der Waals surface area contributed by atoms with E-state index in [1.807, 2.05) is 0 Å². The van der Waals surface area contributed by atoms with Crippen LogP contribution in [0.15, 0.2) is 0 Å². The van der Waals surface area contributed by atoms with E-state index in [9.17, 15) is 0 Å². The fourth-order valence-electron chi connectivity index (χ4n) is 1.19. The summed E-state index contributed by atoms with van der Waals surface area (Å²) in [4.78, 5) is 0. The van der Waals surface area contributed by atoms with E-state index in [-0.39, 0.29) is 0 Å². The van der Waals surface area contributed by atoms with Crippen LogP contribution in [-0.4, -0.2) is 25.8 Å². The van der Waals surface area contributed by atoms with Crippen molar-refractivity contribution in [2.24, 2.45) is 0 Å². The Morgan fingerprint density at radius 2 is 1.67 bits per heavy atom. The first-order valence-corrected chi connectivity index (χ1v) is 5.16. The lowest BCUT2D eigenvalue weighted by atomic mass is 10.1. The molecule has 0 aromatic rings. The summed E-state index contributed by atoms with van der Waals surface area (Å²) in [6.07, 6.45) is 3.63. The molecule has 1 rings (SSSR count). The molecule has 0 spiro atoms. The second-order valence-corrected chi connectivity index (χ2v) is 3.15. The summed E-state index contributed by atoms with van der Waals surface area (Å²) in [5.41, 5.74) is 0. The highest BCUT2D eigenvalue weighted by Gasteiger charge is 2.10. The van der Waals surface area contributed by atoms with Gasteiger partial charge in [0.2, 0.25) is 0 Å². The van der Waals surface area contributed by atoms with Gasteiger partial charge in [-0.05, 0) is 19.4 Å². The van der Waals surface area contributed by atoms with Gasteiger partial charge in [-0.25, -0.2) is 0 Å². The first-order valence-electron chi connectivity index (χ1n) is 5.16. The normalized spacial score (nSPS) is 18.2. The van der Waals surface area contributed by atoms with Crippen molar-refractivity contribution < 1.29 is 4.74 Å². The van der Waals surface area contributed by atoms with Gasteiger partial charge in [0.15, 0.2) is 0 Å². The molecular weight excluding hydrogens is 150 g/mol. The first-order chi connectivity index (χ1) is 5.85. The number of rotatable bonds is 2. The predicted octanol–water partition coefficient (Wildman–Crippen LogP) is 2.19. The van der Waals surface area contributed by atoms with Crippen LogP contribution in [-0.2, 0) is 4.74 Å². The number of nitrogens with one attached hydrogen (secondary N) is 1. The molecule has 0 saturated carbocycles. The fraction of sp³-hybridized carbons (Fsp3) is 1.00. The zero-order chi connectivity index (χ0) is 9.23. The van der Waals surface area contributed by atoms with Gasteiger partial charge in [0.1, 0.15) is 0 Å². The molecular formula is C10H23NO. The average Bonchev–Trinajstić information content (AvgIpc) is 2.08. The maximum absolute atomic E-state index is 5.21. The molecule has 12 heavy (non-hydrogen) atoms. The molecule has 0 aromatic heterocycles. The van der Waals surface area contributed by atoms with Gasteiger partial charge in [0.25, 0.3) is 0 Å². The van der Waals surface area contributed by atoms with Crippen molar-refractivity contribution in [1.29, 1.82) is 0 Å². The van der Waals surface area contributed by atoms with Gasteiger partial charge in [-0.1, -0.05) is 27.2 Å². The lowest BCUT2D eigenvalue weighted by Gasteiger charge is -2.22. The second kappa shape index (κ2) is 9.01. The largest absolute Gasteiger partial charge is 0.381 e. The molecule has 1 aliphatic rings. The molecule has 74 valence electrons. The van der Waals surface area contributed by atoms with E-state index in [1.165, 1.54) is 19.3 Å². The van der Waals surface area contributed by atoms with E-state index in [2.05, 4.69) is 26.1 Å². The molecule has 1 N–H and O–H groups in total. The third kappa shape index (κ3) is 6.62. The monoisotopic (exact) mass is 173 g/mol. The average molecular weight is 173 g/mol. The third-order valence-corrected chi connectivity index (χ3v) is 1.71. The lowest BCUT2D eigenvalue weighted by molar-refractivity contribution is 0.0785. The molecule has 0 aromatic carbocycles. The summed E-state index contributed by atoms with van der Waals surface area (Å²) in [5, 5.41) is 3.40. The van der Waals surface area contributed by atoms with E-state index < -0.39 is 0 Å². The third-order valence-electron chi connectivity index (χ3n) is 1.71.